The monoisotopic (exact) mass is 249 g/mol. The summed E-state index contributed by atoms with van der Waals surface area (Å²) in [5.74, 6) is 8.74. The Morgan fingerprint density at radius 2 is 1.89 bits per heavy atom. The number of nitrogen functional groups attached to an aromatic ring is 1. The molecule has 0 unspecified atom stereocenters. The van der Waals surface area contributed by atoms with Crippen molar-refractivity contribution in [2.45, 2.75) is 46.0 Å². The Morgan fingerprint density at radius 3 is 2.50 bits per heavy atom. The minimum atomic E-state index is 0.718. The Balaban J connectivity index is 2.09. The highest BCUT2D eigenvalue weighted by Gasteiger charge is 2.16. The minimum Gasteiger partial charge on any atom is -0.369 e. The largest absolute Gasteiger partial charge is 0.369 e. The fraction of sp³-hybridized carbons (Fsp3) is 0.692. The molecule has 1 aliphatic carbocycles. The van der Waals surface area contributed by atoms with Crippen molar-refractivity contribution in [3.8, 4) is 0 Å². The van der Waals surface area contributed by atoms with Gasteiger partial charge in [0.05, 0.1) is 0 Å². The molecule has 5 nitrogen and oxygen atoms in total. The molecule has 0 radical (unpaired) electrons. The lowest BCUT2D eigenvalue weighted by molar-refractivity contribution is 0.578. The topological polar surface area (TPSA) is 75.9 Å². The highest BCUT2D eigenvalue weighted by atomic mass is 15.3. The van der Waals surface area contributed by atoms with Crippen molar-refractivity contribution >= 4 is 11.6 Å². The summed E-state index contributed by atoms with van der Waals surface area (Å²) in [6.45, 7) is 5.04. The van der Waals surface area contributed by atoms with Gasteiger partial charge >= 0.3 is 0 Å². The first-order valence-electron chi connectivity index (χ1n) is 6.82. The van der Waals surface area contributed by atoms with Gasteiger partial charge in [-0.2, -0.15) is 0 Å². The van der Waals surface area contributed by atoms with E-state index in [4.69, 9.17) is 5.84 Å². The van der Waals surface area contributed by atoms with E-state index in [-0.39, 0.29) is 0 Å². The van der Waals surface area contributed by atoms with Crippen LogP contribution in [0.2, 0.25) is 0 Å². The van der Waals surface area contributed by atoms with E-state index in [2.05, 4.69) is 20.7 Å². The van der Waals surface area contributed by atoms with Crippen LogP contribution in [0.15, 0.2) is 0 Å². The molecule has 0 aromatic carbocycles. The molecule has 0 aliphatic heterocycles. The van der Waals surface area contributed by atoms with Gasteiger partial charge in [-0.15, -0.1) is 0 Å². The van der Waals surface area contributed by atoms with E-state index in [9.17, 15) is 0 Å². The van der Waals surface area contributed by atoms with Crippen LogP contribution in [0.4, 0.5) is 11.6 Å². The van der Waals surface area contributed by atoms with Crippen LogP contribution in [0, 0.1) is 12.8 Å². The molecule has 5 heteroatoms. The van der Waals surface area contributed by atoms with E-state index in [1.165, 1.54) is 25.7 Å². The highest BCUT2D eigenvalue weighted by Crippen LogP contribution is 2.26. The molecular formula is C13H23N5. The number of hydrogen-bond acceptors (Lipinski definition) is 5. The fourth-order valence-electron chi connectivity index (χ4n) is 2.49. The van der Waals surface area contributed by atoms with Gasteiger partial charge in [0.25, 0.3) is 0 Å². The summed E-state index contributed by atoms with van der Waals surface area (Å²) in [6.07, 6.45) is 6.21. The number of nitrogens with two attached hydrogens (primary N) is 1. The molecule has 0 amide bonds. The van der Waals surface area contributed by atoms with Crippen molar-refractivity contribution in [2.75, 3.05) is 17.3 Å². The van der Waals surface area contributed by atoms with Gasteiger partial charge in [-0.3, -0.25) is 0 Å². The maximum Gasteiger partial charge on any atom is 0.148 e. The van der Waals surface area contributed by atoms with Crippen LogP contribution < -0.4 is 16.6 Å². The number of hydrogen-bond donors (Lipinski definition) is 3. The standard InChI is InChI=1S/C13H23N5/c1-3-11-16-12(9(2)13(17-11)18-14)15-8-10-6-4-5-7-10/h10H,3-8,14H2,1-2H3,(H2,15,16,17,18). The number of anilines is 2. The van der Waals surface area contributed by atoms with Crippen molar-refractivity contribution in [3.05, 3.63) is 11.4 Å². The maximum atomic E-state index is 5.49. The zero-order chi connectivity index (χ0) is 13.0. The van der Waals surface area contributed by atoms with Gasteiger partial charge < -0.3 is 10.7 Å². The van der Waals surface area contributed by atoms with E-state index in [0.29, 0.717) is 0 Å². The first kappa shape index (κ1) is 13.1. The van der Waals surface area contributed by atoms with Crippen LogP contribution in [0.5, 0.6) is 0 Å². The summed E-state index contributed by atoms with van der Waals surface area (Å²) in [5.41, 5.74) is 3.64. The summed E-state index contributed by atoms with van der Waals surface area (Å²) < 4.78 is 0. The van der Waals surface area contributed by atoms with Gasteiger partial charge in [-0.05, 0) is 25.7 Å². The van der Waals surface area contributed by atoms with Crippen LogP contribution in [-0.2, 0) is 6.42 Å². The van der Waals surface area contributed by atoms with E-state index in [1.807, 2.05) is 13.8 Å². The van der Waals surface area contributed by atoms with Crippen molar-refractivity contribution in [2.24, 2.45) is 11.8 Å². The lowest BCUT2D eigenvalue weighted by atomic mass is 10.1. The summed E-state index contributed by atoms with van der Waals surface area (Å²) in [4.78, 5) is 8.91. The Morgan fingerprint density at radius 1 is 1.22 bits per heavy atom. The SMILES string of the molecule is CCc1nc(NN)c(C)c(NCC2CCCC2)n1. The van der Waals surface area contributed by atoms with E-state index < -0.39 is 0 Å². The molecule has 1 aromatic rings. The molecule has 0 spiro atoms. The predicted octanol–water partition coefficient (Wildman–Crippen LogP) is 2.24. The number of rotatable bonds is 5. The predicted molar refractivity (Wildman–Crippen MR) is 74.4 cm³/mol. The Labute approximate surface area is 109 Å². The first-order chi connectivity index (χ1) is 8.74. The van der Waals surface area contributed by atoms with Gasteiger partial charge in [0.15, 0.2) is 0 Å². The third kappa shape index (κ3) is 2.90. The van der Waals surface area contributed by atoms with Crippen LogP contribution in [0.3, 0.4) is 0 Å². The Bertz CT molecular complexity index is 399. The average molecular weight is 249 g/mol. The first-order valence-corrected chi connectivity index (χ1v) is 6.82. The van der Waals surface area contributed by atoms with Crippen molar-refractivity contribution in [3.63, 3.8) is 0 Å². The zero-order valence-corrected chi connectivity index (χ0v) is 11.3. The second-order valence-electron chi connectivity index (χ2n) is 4.99. The average Bonchev–Trinajstić information content (AvgIpc) is 2.90. The molecule has 1 aromatic heterocycles. The molecule has 4 N–H and O–H groups in total. The second kappa shape index (κ2) is 6.00. The molecule has 0 bridgehead atoms. The smallest absolute Gasteiger partial charge is 0.148 e. The lowest BCUT2D eigenvalue weighted by Gasteiger charge is -2.15. The maximum absolute atomic E-state index is 5.49. The normalized spacial score (nSPS) is 15.9. The quantitative estimate of drug-likeness (QED) is 0.551. The van der Waals surface area contributed by atoms with Crippen LogP contribution in [0.25, 0.3) is 0 Å². The Kier molecular flexibility index (Phi) is 4.36. The van der Waals surface area contributed by atoms with Gasteiger partial charge in [0, 0.05) is 18.5 Å². The number of nitrogens with zero attached hydrogens (tertiary/aromatic N) is 2. The molecular weight excluding hydrogens is 226 g/mol. The van der Waals surface area contributed by atoms with Crippen molar-refractivity contribution < 1.29 is 0 Å². The number of aromatic nitrogens is 2. The summed E-state index contributed by atoms with van der Waals surface area (Å²) in [5, 5.41) is 3.46. The van der Waals surface area contributed by atoms with Gasteiger partial charge in [0.2, 0.25) is 0 Å². The van der Waals surface area contributed by atoms with Crippen LogP contribution in [-0.4, -0.2) is 16.5 Å². The van der Waals surface area contributed by atoms with Gasteiger partial charge in [-0.25, -0.2) is 15.8 Å². The molecule has 100 valence electrons. The van der Waals surface area contributed by atoms with E-state index in [0.717, 1.165) is 41.9 Å². The minimum absolute atomic E-state index is 0.718. The molecule has 1 aliphatic rings. The number of hydrazine groups is 1. The molecule has 18 heavy (non-hydrogen) atoms. The van der Waals surface area contributed by atoms with Crippen molar-refractivity contribution in [1.29, 1.82) is 0 Å². The Hall–Kier alpha value is -1.36. The number of nitrogens with one attached hydrogen (secondary N) is 2. The molecule has 2 rings (SSSR count). The molecule has 1 heterocycles. The summed E-state index contributed by atoms with van der Waals surface area (Å²) >= 11 is 0. The van der Waals surface area contributed by atoms with E-state index in [1.54, 1.807) is 0 Å². The summed E-state index contributed by atoms with van der Waals surface area (Å²) in [7, 11) is 0. The zero-order valence-electron chi connectivity index (χ0n) is 11.3. The third-order valence-corrected chi connectivity index (χ3v) is 3.68. The molecule has 0 atom stereocenters. The molecule has 1 fully saturated rings. The van der Waals surface area contributed by atoms with Crippen molar-refractivity contribution in [1.82, 2.24) is 9.97 Å². The van der Waals surface area contributed by atoms with E-state index >= 15 is 0 Å². The molecule has 1 saturated carbocycles. The van der Waals surface area contributed by atoms with Gasteiger partial charge in [-0.1, -0.05) is 19.8 Å². The lowest BCUT2D eigenvalue weighted by Crippen LogP contribution is -2.17. The summed E-state index contributed by atoms with van der Waals surface area (Å²) in [6, 6.07) is 0. The van der Waals surface area contributed by atoms with Crippen LogP contribution >= 0.6 is 0 Å². The highest BCUT2D eigenvalue weighted by molar-refractivity contribution is 5.56. The van der Waals surface area contributed by atoms with Crippen LogP contribution in [0.1, 0.15) is 44.0 Å². The fourth-order valence-corrected chi connectivity index (χ4v) is 2.49. The molecule has 0 saturated heterocycles. The third-order valence-electron chi connectivity index (χ3n) is 3.68. The number of aryl methyl sites for hydroxylation is 1. The van der Waals surface area contributed by atoms with Gasteiger partial charge in [0.1, 0.15) is 17.5 Å². The second-order valence-corrected chi connectivity index (χ2v) is 4.99.